The van der Waals surface area contributed by atoms with Gasteiger partial charge in [-0.1, -0.05) is 6.07 Å². The van der Waals surface area contributed by atoms with Crippen LogP contribution in [0, 0.1) is 6.92 Å². The fourth-order valence-electron chi connectivity index (χ4n) is 1.06. The highest BCUT2D eigenvalue weighted by Gasteiger charge is 2.19. The molecule has 1 rings (SSSR count). The zero-order chi connectivity index (χ0) is 11.4. The van der Waals surface area contributed by atoms with Crippen LogP contribution in [0.4, 0.5) is 0 Å². The predicted molar refractivity (Wildman–Crippen MR) is 57.9 cm³/mol. The first-order valence-electron chi connectivity index (χ1n) is 4.53. The first-order chi connectivity index (χ1) is 7.00. The second-order valence-corrected chi connectivity index (χ2v) is 5.03. The predicted octanol–water partition coefficient (Wildman–Crippen LogP) is 1.11. The maximum absolute atomic E-state index is 11.6. The number of aliphatic carboxylic acids is 1. The largest absolute Gasteiger partial charge is 0.480 e. The Kier molecular flexibility index (Phi) is 3.96. The molecule has 0 aromatic carbocycles. The van der Waals surface area contributed by atoms with Gasteiger partial charge in [-0.2, -0.15) is 0 Å². The zero-order valence-corrected chi connectivity index (χ0v) is 9.45. The molecule has 0 bridgehead atoms. The summed E-state index contributed by atoms with van der Waals surface area (Å²) in [5, 5.41) is 7.82. The van der Waals surface area contributed by atoms with Gasteiger partial charge in [-0.15, -0.1) is 0 Å². The van der Waals surface area contributed by atoms with E-state index in [0.29, 0.717) is 5.69 Å². The van der Waals surface area contributed by atoms with E-state index in [1.807, 2.05) is 19.1 Å². The number of carbonyl (C=O) groups is 1. The molecular formula is C10H13NO3S. The van der Waals surface area contributed by atoms with Gasteiger partial charge in [0.2, 0.25) is 0 Å². The van der Waals surface area contributed by atoms with Crippen LogP contribution in [-0.2, 0) is 21.3 Å². The van der Waals surface area contributed by atoms with E-state index in [1.54, 1.807) is 6.07 Å². The monoisotopic (exact) mass is 227 g/mol. The highest BCUT2D eigenvalue weighted by Crippen LogP contribution is 2.06. The summed E-state index contributed by atoms with van der Waals surface area (Å²) in [5.41, 5.74) is 1.51. The van der Waals surface area contributed by atoms with Crippen LogP contribution in [0.15, 0.2) is 18.2 Å². The lowest BCUT2D eigenvalue weighted by Crippen LogP contribution is -2.23. The van der Waals surface area contributed by atoms with Crippen molar-refractivity contribution < 1.29 is 14.1 Å². The van der Waals surface area contributed by atoms with Crippen molar-refractivity contribution >= 4 is 16.8 Å². The van der Waals surface area contributed by atoms with Gasteiger partial charge in [-0.3, -0.25) is 14.0 Å². The lowest BCUT2D eigenvalue weighted by atomic mass is 10.3. The summed E-state index contributed by atoms with van der Waals surface area (Å²) < 4.78 is 11.6. The van der Waals surface area contributed by atoms with E-state index in [4.69, 9.17) is 5.11 Å². The third-order valence-electron chi connectivity index (χ3n) is 1.98. The molecule has 82 valence electrons. The minimum absolute atomic E-state index is 0.190. The van der Waals surface area contributed by atoms with Crippen LogP contribution >= 0.6 is 0 Å². The number of aryl methyl sites for hydroxylation is 1. The maximum atomic E-state index is 11.6. The van der Waals surface area contributed by atoms with Crippen molar-refractivity contribution in [1.29, 1.82) is 0 Å². The highest BCUT2D eigenvalue weighted by molar-refractivity contribution is 7.85. The Morgan fingerprint density at radius 1 is 1.60 bits per heavy atom. The van der Waals surface area contributed by atoms with E-state index in [0.717, 1.165) is 5.69 Å². The molecule has 0 aliphatic rings. The molecule has 5 heteroatoms. The molecule has 0 saturated heterocycles. The van der Waals surface area contributed by atoms with E-state index in [-0.39, 0.29) is 5.75 Å². The van der Waals surface area contributed by atoms with Crippen LogP contribution in [0.25, 0.3) is 0 Å². The molecule has 0 fully saturated rings. The van der Waals surface area contributed by atoms with Gasteiger partial charge >= 0.3 is 5.97 Å². The van der Waals surface area contributed by atoms with Gasteiger partial charge in [0, 0.05) is 16.5 Å². The number of carboxylic acids is 1. The SMILES string of the molecule is Cc1cccc(CS(=O)C(C)C(=O)O)n1. The summed E-state index contributed by atoms with van der Waals surface area (Å²) in [6.45, 7) is 3.28. The molecule has 4 nitrogen and oxygen atoms in total. The standard InChI is InChI=1S/C10H13NO3S/c1-7-4-3-5-9(11-7)6-15(14)8(2)10(12)13/h3-5,8H,6H2,1-2H3,(H,12,13). The van der Waals surface area contributed by atoms with Gasteiger partial charge < -0.3 is 5.11 Å². The van der Waals surface area contributed by atoms with Gasteiger partial charge in [-0.05, 0) is 26.0 Å². The summed E-state index contributed by atoms with van der Waals surface area (Å²) >= 11 is 0. The normalized spacial score (nSPS) is 14.5. The Morgan fingerprint density at radius 3 is 2.80 bits per heavy atom. The van der Waals surface area contributed by atoms with Crippen LogP contribution in [0.2, 0.25) is 0 Å². The first kappa shape index (κ1) is 11.8. The maximum Gasteiger partial charge on any atom is 0.318 e. The Hall–Kier alpha value is -1.23. The number of rotatable bonds is 4. The van der Waals surface area contributed by atoms with E-state index < -0.39 is 22.0 Å². The van der Waals surface area contributed by atoms with Crippen LogP contribution in [-0.4, -0.2) is 25.5 Å². The molecule has 1 heterocycles. The van der Waals surface area contributed by atoms with Gasteiger partial charge in [0.25, 0.3) is 0 Å². The molecule has 0 aliphatic carbocycles. The number of aromatic nitrogens is 1. The Labute approximate surface area is 90.8 Å². The molecule has 0 amide bonds. The molecule has 1 aromatic heterocycles. The van der Waals surface area contributed by atoms with Crippen molar-refractivity contribution in [3.63, 3.8) is 0 Å². The molecule has 0 aliphatic heterocycles. The molecule has 2 atom stereocenters. The minimum atomic E-state index is -1.42. The first-order valence-corrected chi connectivity index (χ1v) is 5.91. The Balaban J connectivity index is 2.70. The summed E-state index contributed by atoms with van der Waals surface area (Å²) in [7, 11) is -1.42. The van der Waals surface area contributed by atoms with Crippen molar-refractivity contribution in [2.75, 3.05) is 0 Å². The molecule has 0 radical (unpaired) electrons. The van der Waals surface area contributed by atoms with Crippen LogP contribution in [0.3, 0.4) is 0 Å². The van der Waals surface area contributed by atoms with Gasteiger partial charge in [0.05, 0.1) is 11.4 Å². The van der Waals surface area contributed by atoms with E-state index >= 15 is 0 Å². The number of nitrogens with zero attached hydrogens (tertiary/aromatic N) is 1. The lowest BCUT2D eigenvalue weighted by molar-refractivity contribution is -0.136. The number of carboxylic acid groups (broad SMARTS) is 1. The van der Waals surface area contributed by atoms with Crippen molar-refractivity contribution in [2.45, 2.75) is 24.9 Å². The molecule has 1 N–H and O–H groups in total. The zero-order valence-electron chi connectivity index (χ0n) is 8.64. The Morgan fingerprint density at radius 2 is 2.27 bits per heavy atom. The van der Waals surface area contributed by atoms with Gasteiger partial charge in [-0.25, -0.2) is 0 Å². The summed E-state index contributed by atoms with van der Waals surface area (Å²) in [4.78, 5) is 14.8. The van der Waals surface area contributed by atoms with E-state index in [2.05, 4.69) is 4.98 Å². The second kappa shape index (κ2) is 5.02. The van der Waals surface area contributed by atoms with Crippen LogP contribution < -0.4 is 0 Å². The van der Waals surface area contributed by atoms with Gasteiger partial charge in [0.15, 0.2) is 0 Å². The third kappa shape index (κ3) is 3.43. The number of hydrogen-bond acceptors (Lipinski definition) is 3. The number of pyridine rings is 1. The minimum Gasteiger partial charge on any atom is -0.480 e. The quantitative estimate of drug-likeness (QED) is 0.836. The van der Waals surface area contributed by atoms with E-state index in [1.165, 1.54) is 6.92 Å². The summed E-state index contributed by atoms with van der Waals surface area (Å²) in [5.74, 6) is -0.851. The van der Waals surface area contributed by atoms with Gasteiger partial charge in [0.1, 0.15) is 5.25 Å². The molecular weight excluding hydrogens is 214 g/mol. The third-order valence-corrected chi connectivity index (χ3v) is 3.55. The van der Waals surface area contributed by atoms with Crippen molar-refractivity contribution in [3.05, 3.63) is 29.6 Å². The average Bonchev–Trinajstić information content (AvgIpc) is 2.16. The van der Waals surface area contributed by atoms with Crippen LogP contribution in [0.5, 0.6) is 0 Å². The fraction of sp³-hybridized carbons (Fsp3) is 0.400. The molecule has 2 unspecified atom stereocenters. The van der Waals surface area contributed by atoms with Crippen LogP contribution in [0.1, 0.15) is 18.3 Å². The summed E-state index contributed by atoms with van der Waals surface area (Å²) in [6, 6.07) is 5.41. The second-order valence-electron chi connectivity index (χ2n) is 3.28. The van der Waals surface area contributed by atoms with Crippen molar-refractivity contribution in [2.24, 2.45) is 0 Å². The molecule has 0 spiro atoms. The molecule has 0 saturated carbocycles. The van der Waals surface area contributed by atoms with E-state index in [9.17, 15) is 9.00 Å². The van der Waals surface area contributed by atoms with Crippen molar-refractivity contribution in [1.82, 2.24) is 4.98 Å². The Bertz CT molecular complexity index is 392. The topological polar surface area (TPSA) is 67.3 Å². The summed E-state index contributed by atoms with van der Waals surface area (Å²) in [6.07, 6.45) is 0. The molecule has 15 heavy (non-hydrogen) atoms. The molecule has 1 aromatic rings. The average molecular weight is 227 g/mol. The fourth-order valence-corrected chi connectivity index (χ4v) is 1.99. The number of hydrogen-bond donors (Lipinski definition) is 1. The lowest BCUT2D eigenvalue weighted by Gasteiger charge is -2.06. The smallest absolute Gasteiger partial charge is 0.318 e. The highest BCUT2D eigenvalue weighted by atomic mass is 32.2. The van der Waals surface area contributed by atoms with Crippen molar-refractivity contribution in [3.8, 4) is 0 Å².